The van der Waals surface area contributed by atoms with E-state index in [1.54, 1.807) is 0 Å². The van der Waals surface area contributed by atoms with Gasteiger partial charge in [0, 0.05) is 43.9 Å². The topological polar surface area (TPSA) is 59.2 Å². The number of hydrogen-bond acceptors (Lipinski definition) is 3. The Hall–Kier alpha value is -2.20. The lowest BCUT2D eigenvalue weighted by molar-refractivity contribution is -0.132. The van der Waals surface area contributed by atoms with Crippen LogP contribution in [-0.2, 0) is 17.8 Å². The predicted octanol–water partition coefficient (Wildman–Crippen LogP) is 2.06. The van der Waals surface area contributed by atoms with Gasteiger partial charge in [0.1, 0.15) is 0 Å². The van der Waals surface area contributed by atoms with Crippen LogP contribution in [0.1, 0.15) is 29.3 Å². The monoisotopic (exact) mass is 281 g/mol. The molecule has 3 rings (SSSR count). The highest BCUT2D eigenvalue weighted by molar-refractivity contribution is 5.77. The zero-order valence-electron chi connectivity index (χ0n) is 11.9. The molecule has 1 aromatic heterocycles. The van der Waals surface area contributed by atoms with Gasteiger partial charge in [0.2, 0.25) is 5.91 Å². The number of carbonyl (C=O) groups excluding carboxylic acids is 1. The third-order valence-corrected chi connectivity index (χ3v) is 3.94. The van der Waals surface area contributed by atoms with Gasteiger partial charge in [-0.2, -0.15) is 0 Å². The lowest BCUT2D eigenvalue weighted by Gasteiger charge is -2.29. The van der Waals surface area contributed by atoms with Crippen molar-refractivity contribution < 1.29 is 4.79 Å². The van der Waals surface area contributed by atoms with Crippen LogP contribution in [0.5, 0.6) is 0 Å². The summed E-state index contributed by atoms with van der Waals surface area (Å²) < 4.78 is 0. The van der Waals surface area contributed by atoms with Crippen LogP contribution in [0.25, 0.3) is 0 Å². The molecule has 0 fully saturated rings. The van der Waals surface area contributed by atoms with Crippen LogP contribution in [0.4, 0.5) is 0 Å². The van der Waals surface area contributed by atoms with Crippen molar-refractivity contribution in [3.05, 3.63) is 65.5 Å². The molecule has 1 aliphatic heterocycles. The first-order chi connectivity index (χ1) is 10.2. The Morgan fingerprint density at radius 3 is 2.86 bits per heavy atom. The van der Waals surface area contributed by atoms with E-state index < -0.39 is 0 Å². The van der Waals surface area contributed by atoms with Crippen molar-refractivity contribution in [3.63, 3.8) is 0 Å². The molecule has 0 aliphatic carbocycles. The summed E-state index contributed by atoms with van der Waals surface area (Å²) >= 11 is 0. The van der Waals surface area contributed by atoms with E-state index in [4.69, 9.17) is 5.73 Å². The van der Waals surface area contributed by atoms with E-state index in [1.807, 2.05) is 53.6 Å². The second kappa shape index (κ2) is 6.06. The fourth-order valence-corrected chi connectivity index (χ4v) is 2.71. The molecule has 0 saturated carbocycles. The summed E-state index contributed by atoms with van der Waals surface area (Å²) in [6, 6.07) is 13.5. The van der Waals surface area contributed by atoms with E-state index in [2.05, 4.69) is 4.98 Å². The van der Waals surface area contributed by atoms with Crippen LogP contribution in [0.3, 0.4) is 0 Å². The predicted molar refractivity (Wildman–Crippen MR) is 81.3 cm³/mol. The van der Waals surface area contributed by atoms with Gasteiger partial charge in [-0.3, -0.25) is 9.78 Å². The average Bonchev–Trinajstić information content (AvgIpc) is 2.55. The first kappa shape index (κ1) is 13.8. The summed E-state index contributed by atoms with van der Waals surface area (Å²) in [6.45, 7) is 1.37. The van der Waals surface area contributed by atoms with Gasteiger partial charge in [0.25, 0.3) is 0 Å². The molecule has 21 heavy (non-hydrogen) atoms. The van der Waals surface area contributed by atoms with E-state index in [1.165, 1.54) is 0 Å². The van der Waals surface area contributed by atoms with E-state index >= 15 is 0 Å². The molecule has 0 radical (unpaired) electrons. The summed E-state index contributed by atoms with van der Waals surface area (Å²) in [6.07, 6.45) is 2.98. The highest BCUT2D eigenvalue weighted by Crippen LogP contribution is 2.20. The molecule has 108 valence electrons. The van der Waals surface area contributed by atoms with Crippen molar-refractivity contribution in [2.45, 2.75) is 25.4 Å². The van der Waals surface area contributed by atoms with Gasteiger partial charge in [-0.25, -0.2) is 0 Å². The minimum absolute atomic E-state index is 0.112. The number of rotatable bonds is 3. The molecule has 2 aromatic rings. The minimum atomic E-state index is -0.242. The van der Waals surface area contributed by atoms with Gasteiger partial charge in [-0.1, -0.05) is 36.4 Å². The number of hydrogen-bond donors (Lipinski definition) is 1. The normalized spacial score (nSPS) is 15.4. The molecule has 4 nitrogen and oxygen atoms in total. The minimum Gasteiger partial charge on any atom is -0.338 e. The molecular formula is C17H19N3O. The zero-order chi connectivity index (χ0) is 14.7. The third kappa shape index (κ3) is 3.11. The second-order valence-corrected chi connectivity index (χ2v) is 5.40. The Balaban J connectivity index is 1.65. The highest BCUT2D eigenvalue weighted by atomic mass is 16.2. The molecule has 2 heterocycles. The summed E-state index contributed by atoms with van der Waals surface area (Å²) in [5.74, 6) is 0.112. The number of amides is 1. The molecule has 2 N–H and O–H groups in total. The van der Waals surface area contributed by atoms with Crippen molar-refractivity contribution >= 4 is 5.91 Å². The molecule has 0 saturated heterocycles. The summed E-state index contributed by atoms with van der Waals surface area (Å²) in [7, 11) is 0. The van der Waals surface area contributed by atoms with Gasteiger partial charge in [-0.05, 0) is 17.2 Å². The molecule has 1 atom stereocenters. The SMILES string of the molecule is NC(CC(=O)N1CCc2ncccc2C1)c1ccccc1. The highest BCUT2D eigenvalue weighted by Gasteiger charge is 2.22. The molecule has 4 heteroatoms. The number of benzene rings is 1. The molecule has 1 aliphatic rings. The summed E-state index contributed by atoms with van der Waals surface area (Å²) in [5, 5.41) is 0. The number of carbonyl (C=O) groups is 1. The van der Waals surface area contributed by atoms with Crippen LogP contribution in [-0.4, -0.2) is 22.3 Å². The fourth-order valence-electron chi connectivity index (χ4n) is 2.71. The summed E-state index contributed by atoms with van der Waals surface area (Å²) in [5.41, 5.74) is 9.39. The number of fused-ring (bicyclic) bond motifs is 1. The Kier molecular flexibility index (Phi) is 3.97. The zero-order valence-corrected chi connectivity index (χ0v) is 11.9. The lowest BCUT2D eigenvalue weighted by atomic mass is 10.0. The van der Waals surface area contributed by atoms with Crippen molar-refractivity contribution in [3.8, 4) is 0 Å². The largest absolute Gasteiger partial charge is 0.338 e. The lowest BCUT2D eigenvalue weighted by Crippen LogP contribution is -2.37. The Morgan fingerprint density at radius 1 is 1.24 bits per heavy atom. The average molecular weight is 281 g/mol. The smallest absolute Gasteiger partial charge is 0.224 e. The van der Waals surface area contributed by atoms with Crippen molar-refractivity contribution in [2.75, 3.05) is 6.54 Å². The Bertz CT molecular complexity index is 627. The third-order valence-electron chi connectivity index (χ3n) is 3.94. The Labute approximate surface area is 124 Å². The maximum absolute atomic E-state index is 12.4. The van der Waals surface area contributed by atoms with Gasteiger partial charge in [0.15, 0.2) is 0 Å². The van der Waals surface area contributed by atoms with Gasteiger partial charge in [-0.15, -0.1) is 0 Å². The number of nitrogens with zero attached hydrogens (tertiary/aromatic N) is 2. The van der Waals surface area contributed by atoms with E-state index in [-0.39, 0.29) is 11.9 Å². The second-order valence-electron chi connectivity index (χ2n) is 5.40. The first-order valence-electron chi connectivity index (χ1n) is 7.25. The van der Waals surface area contributed by atoms with E-state index in [0.717, 1.165) is 29.8 Å². The molecule has 0 spiro atoms. The summed E-state index contributed by atoms with van der Waals surface area (Å²) in [4.78, 5) is 18.7. The van der Waals surface area contributed by atoms with Gasteiger partial charge >= 0.3 is 0 Å². The van der Waals surface area contributed by atoms with Crippen LogP contribution < -0.4 is 5.73 Å². The Morgan fingerprint density at radius 2 is 2.05 bits per heavy atom. The number of nitrogens with two attached hydrogens (primary N) is 1. The van der Waals surface area contributed by atoms with E-state index in [9.17, 15) is 4.79 Å². The van der Waals surface area contributed by atoms with Crippen molar-refractivity contribution in [1.82, 2.24) is 9.88 Å². The van der Waals surface area contributed by atoms with Gasteiger partial charge < -0.3 is 10.6 Å². The van der Waals surface area contributed by atoms with Crippen molar-refractivity contribution in [1.29, 1.82) is 0 Å². The van der Waals surface area contributed by atoms with Crippen LogP contribution in [0, 0.1) is 0 Å². The maximum atomic E-state index is 12.4. The van der Waals surface area contributed by atoms with E-state index in [0.29, 0.717) is 13.0 Å². The molecule has 0 bridgehead atoms. The quantitative estimate of drug-likeness (QED) is 0.936. The first-order valence-corrected chi connectivity index (χ1v) is 7.25. The number of aromatic nitrogens is 1. The number of pyridine rings is 1. The fraction of sp³-hybridized carbons (Fsp3) is 0.294. The van der Waals surface area contributed by atoms with Crippen LogP contribution >= 0.6 is 0 Å². The van der Waals surface area contributed by atoms with Crippen LogP contribution in [0.2, 0.25) is 0 Å². The van der Waals surface area contributed by atoms with Gasteiger partial charge in [0.05, 0.1) is 0 Å². The van der Waals surface area contributed by atoms with Crippen molar-refractivity contribution in [2.24, 2.45) is 5.73 Å². The standard InChI is InChI=1S/C17H19N3O/c18-15(13-5-2-1-3-6-13)11-17(21)20-10-8-16-14(12-20)7-4-9-19-16/h1-7,9,15H,8,10-12,18H2. The molecular weight excluding hydrogens is 262 g/mol. The van der Waals surface area contributed by atoms with Crippen LogP contribution in [0.15, 0.2) is 48.7 Å². The molecule has 1 unspecified atom stereocenters. The molecule has 1 aromatic carbocycles. The maximum Gasteiger partial charge on any atom is 0.224 e. The molecule has 1 amide bonds.